The third kappa shape index (κ3) is 6.64. The van der Waals surface area contributed by atoms with E-state index in [0.717, 1.165) is 15.4 Å². The van der Waals surface area contributed by atoms with Gasteiger partial charge < -0.3 is 5.32 Å². The average molecular weight is 598 g/mol. The van der Waals surface area contributed by atoms with Gasteiger partial charge in [0.1, 0.15) is 6.54 Å². The summed E-state index contributed by atoms with van der Waals surface area (Å²) in [5.41, 5.74) is 3.36. The molecule has 0 aliphatic carbocycles. The fourth-order valence-corrected chi connectivity index (χ4v) is 6.75. The molecule has 0 spiro atoms. The molecule has 0 fully saturated rings. The van der Waals surface area contributed by atoms with Gasteiger partial charge >= 0.3 is 0 Å². The van der Waals surface area contributed by atoms with Crippen molar-refractivity contribution in [1.82, 2.24) is 0 Å². The smallest absolute Gasteiger partial charge is 0.264 e. The topological polar surface area (TPSA) is 113 Å². The Balaban J connectivity index is 1.56. The molecular formula is C29H28ClN3O5S2. The number of anilines is 3. The maximum absolute atomic E-state index is 13.6. The fourth-order valence-electron chi connectivity index (χ4n) is 3.97. The number of nitrogens with zero attached hydrogens (tertiary/aromatic N) is 1. The minimum Gasteiger partial charge on any atom is -0.325 e. The van der Waals surface area contributed by atoms with E-state index in [9.17, 15) is 21.6 Å². The highest BCUT2D eigenvalue weighted by Gasteiger charge is 2.28. The van der Waals surface area contributed by atoms with Crippen molar-refractivity contribution in [2.45, 2.75) is 30.6 Å². The molecule has 40 heavy (non-hydrogen) atoms. The Morgan fingerprint density at radius 2 is 1.43 bits per heavy atom. The highest BCUT2D eigenvalue weighted by molar-refractivity contribution is 7.93. The second-order valence-corrected chi connectivity index (χ2v) is 13.2. The van der Waals surface area contributed by atoms with Crippen molar-refractivity contribution < 1.29 is 21.6 Å². The number of sulfonamides is 2. The molecule has 4 rings (SSSR count). The molecule has 1 amide bonds. The van der Waals surface area contributed by atoms with Crippen molar-refractivity contribution in [1.29, 1.82) is 0 Å². The van der Waals surface area contributed by atoms with Gasteiger partial charge in [-0.15, -0.1) is 0 Å². The fraction of sp³-hybridized carbons (Fsp3) is 0.138. The maximum atomic E-state index is 13.6. The summed E-state index contributed by atoms with van der Waals surface area (Å²) in [6.45, 7) is 4.87. The second kappa shape index (κ2) is 11.7. The number of carbonyl (C=O) groups excluding carboxylic acids is 1. The molecule has 0 saturated carbocycles. The van der Waals surface area contributed by atoms with Crippen molar-refractivity contribution in [3.8, 4) is 0 Å². The average Bonchev–Trinajstić information content (AvgIpc) is 2.91. The molecule has 0 atom stereocenters. The number of halogens is 1. The van der Waals surface area contributed by atoms with E-state index in [1.807, 2.05) is 26.0 Å². The van der Waals surface area contributed by atoms with Crippen LogP contribution in [0.25, 0.3) is 0 Å². The molecule has 0 bridgehead atoms. The van der Waals surface area contributed by atoms with Gasteiger partial charge in [0.05, 0.1) is 21.2 Å². The van der Waals surface area contributed by atoms with Gasteiger partial charge in [0.15, 0.2) is 0 Å². The summed E-state index contributed by atoms with van der Waals surface area (Å²) in [6.07, 6.45) is 0. The first-order valence-electron chi connectivity index (χ1n) is 12.2. The van der Waals surface area contributed by atoms with Crippen LogP contribution < -0.4 is 14.3 Å². The van der Waals surface area contributed by atoms with Crippen LogP contribution in [0.5, 0.6) is 0 Å². The van der Waals surface area contributed by atoms with Gasteiger partial charge in [0.2, 0.25) is 5.91 Å². The Kier molecular flexibility index (Phi) is 8.53. The van der Waals surface area contributed by atoms with E-state index in [1.165, 1.54) is 42.5 Å². The van der Waals surface area contributed by atoms with Crippen molar-refractivity contribution in [3.05, 3.63) is 113 Å². The Morgan fingerprint density at radius 1 is 0.775 bits per heavy atom. The van der Waals surface area contributed by atoms with E-state index < -0.39 is 32.5 Å². The molecule has 0 heterocycles. The Labute approximate surface area is 239 Å². The molecule has 8 nitrogen and oxygen atoms in total. The summed E-state index contributed by atoms with van der Waals surface area (Å²) < 4.78 is 56.6. The lowest BCUT2D eigenvalue weighted by atomic mass is 10.1. The Bertz CT molecular complexity index is 1760. The lowest BCUT2D eigenvalue weighted by Crippen LogP contribution is -2.38. The highest BCUT2D eigenvalue weighted by atomic mass is 35.5. The second-order valence-electron chi connectivity index (χ2n) is 9.25. The van der Waals surface area contributed by atoms with E-state index in [-0.39, 0.29) is 15.5 Å². The lowest BCUT2D eigenvalue weighted by molar-refractivity contribution is -0.114. The van der Waals surface area contributed by atoms with Crippen LogP contribution in [-0.4, -0.2) is 29.3 Å². The molecule has 2 N–H and O–H groups in total. The minimum atomic E-state index is -4.12. The SMILES string of the molecule is Cc1ccc(C)c(NS(=O)(=O)c2ccc(NC(=O)CN(c3cc(Cl)ccc3C)S(=O)(=O)c3ccccc3)cc2)c1. The number of rotatable bonds is 9. The Morgan fingerprint density at radius 3 is 2.10 bits per heavy atom. The zero-order valence-corrected chi connectivity index (χ0v) is 24.4. The van der Waals surface area contributed by atoms with Gasteiger partial charge in [0, 0.05) is 10.7 Å². The van der Waals surface area contributed by atoms with Gasteiger partial charge in [-0.1, -0.05) is 48.0 Å². The number of hydrogen-bond acceptors (Lipinski definition) is 5. The van der Waals surface area contributed by atoms with Crippen LogP contribution in [0.1, 0.15) is 16.7 Å². The van der Waals surface area contributed by atoms with Crippen LogP contribution >= 0.6 is 11.6 Å². The van der Waals surface area contributed by atoms with Crippen molar-refractivity contribution in [2.75, 3.05) is 20.9 Å². The lowest BCUT2D eigenvalue weighted by Gasteiger charge is -2.26. The molecule has 0 aromatic heterocycles. The molecule has 0 saturated heterocycles. The predicted octanol–water partition coefficient (Wildman–Crippen LogP) is 5.90. The molecule has 4 aromatic carbocycles. The van der Waals surface area contributed by atoms with E-state index >= 15 is 0 Å². The van der Waals surface area contributed by atoms with Crippen LogP contribution in [0.3, 0.4) is 0 Å². The van der Waals surface area contributed by atoms with Crippen molar-refractivity contribution in [2.24, 2.45) is 0 Å². The monoisotopic (exact) mass is 597 g/mol. The summed E-state index contributed by atoms with van der Waals surface area (Å²) in [5, 5.41) is 2.97. The third-order valence-electron chi connectivity index (χ3n) is 6.14. The van der Waals surface area contributed by atoms with E-state index in [2.05, 4.69) is 10.0 Å². The molecule has 4 aromatic rings. The molecular weight excluding hydrogens is 570 g/mol. The zero-order valence-electron chi connectivity index (χ0n) is 22.1. The summed E-state index contributed by atoms with van der Waals surface area (Å²) in [4.78, 5) is 13.1. The number of hydrogen-bond donors (Lipinski definition) is 2. The van der Waals surface area contributed by atoms with Crippen molar-refractivity contribution in [3.63, 3.8) is 0 Å². The highest BCUT2D eigenvalue weighted by Crippen LogP contribution is 2.30. The quantitative estimate of drug-likeness (QED) is 0.249. The number of aryl methyl sites for hydroxylation is 3. The summed E-state index contributed by atoms with van der Waals surface area (Å²) in [7, 11) is -7.99. The first-order chi connectivity index (χ1) is 18.9. The first-order valence-corrected chi connectivity index (χ1v) is 15.5. The standard InChI is InChI=1S/C29H28ClN3O5S2/c1-20-9-10-21(2)27(17-20)32-39(35,36)25-15-13-24(14-16-25)31-29(34)19-33(28-18-23(30)12-11-22(28)3)40(37,38)26-7-5-4-6-8-26/h4-18,32H,19H2,1-3H3,(H,31,34). The first kappa shape index (κ1) is 29.1. The van der Waals surface area contributed by atoms with Crippen molar-refractivity contribution >= 4 is 54.6 Å². The van der Waals surface area contributed by atoms with Crippen LogP contribution in [0.2, 0.25) is 5.02 Å². The van der Waals surface area contributed by atoms with Crippen LogP contribution in [0.4, 0.5) is 17.1 Å². The number of benzene rings is 4. The minimum absolute atomic E-state index is 0.00855. The molecule has 0 unspecified atom stereocenters. The summed E-state index contributed by atoms with van der Waals surface area (Å²) in [6, 6.07) is 23.7. The zero-order chi connectivity index (χ0) is 29.1. The summed E-state index contributed by atoms with van der Waals surface area (Å²) >= 11 is 6.17. The number of carbonyl (C=O) groups is 1. The van der Waals surface area contributed by atoms with Gasteiger partial charge in [-0.25, -0.2) is 16.8 Å². The number of amides is 1. The Hall–Kier alpha value is -3.86. The molecule has 0 aliphatic heterocycles. The number of nitrogens with one attached hydrogen (secondary N) is 2. The molecule has 0 radical (unpaired) electrons. The molecule has 208 valence electrons. The van der Waals surface area contributed by atoms with E-state index in [0.29, 0.717) is 22.0 Å². The third-order valence-corrected chi connectivity index (χ3v) is 9.53. The maximum Gasteiger partial charge on any atom is 0.264 e. The van der Waals surface area contributed by atoms with Gasteiger partial charge in [0.25, 0.3) is 20.0 Å². The van der Waals surface area contributed by atoms with Crippen LogP contribution in [0.15, 0.2) is 101 Å². The largest absolute Gasteiger partial charge is 0.325 e. The van der Waals surface area contributed by atoms with E-state index in [4.69, 9.17) is 11.6 Å². The predicted molar refractivity (Wildman–Crippen MR) is 159 cm³/mol. The van der Waals surface area contributed by atoms with Gasteiger partial charge in [-0.05, 0) is 92.1 Å². The van der Waals surface area contributed by atoms with Gasteiger partial charge in [-0.3, -0.25) is 13.8 Å². The van der Waals surface area contributed by atoms with Gasteiger partial charge in [-0.2, -0.15) is 0 Å². The van der Waals surface area contributed by atoms with E-state index in [1.54, 1.807) is 43.3 Å². The molecule has 11 heteroatoms. The summed E-state index contributed by atoms with van der Waals surface area (Å²) in [5.74, 6) is -0.622. The van der Waals surface area contributed by atoms with Crippen LogP contribution in [0, 0.1) is 20.8 Å². The molecule has 0 aliphatic rings. The van der Waals surface area contributed by atoms with Crippen LogP contribution in [-0.2, 0) is 24.8 Å². The normalized spacial score (nSPS) is 11.6.